The van der Waals surface area contributed by atoms with Crippen molar-refractivity contribution in [3.63, 3.8) is 0 Å². The van der Waals surface area contributed by atoms with Crippen LogP contribution in [0.25, 0.3) is 0 Å². The molecule has 2 heterocycles. The van der Waals surface area contributed by atoms with Crippen LogP contribution in [0.2, 0.25) is 0 Å². The summed E-state index contributed by atoms with van der Waals surface area (Å²) in [7, 11) is 2.13. The van der Waals surface area contributed by atoms with E-state index in [2.05, 4.69) is 27.1 Å². The maximum atomic E-state index is 12.2. The first-order valence-electron chi connectivity index (χ1n) is 7.92. The zero-order valence-electron chi connectivity index (χ0n) is 14.2. The molecule has 0 aliphatic carbocycles. The van der Waals surface area contributed by atoms with Crippen LogP contribution in [0, 0.1) is 0 Å². The molecule has 1 aliphatic heterocycles. The van der Waals surface area contributed by atoms with Crippen LogP contribution >= 0.6 is 12.4 Å². The van der Waals surface area contributed by atoms with Crippen LogP contribution in [-0.2, 0) is 4.79 Å². The number of hydrogen-bond acceptors (Lipinski definition) is 5. The van der Waals surface area contributed by atoms with Crippen molar-refractivity contribution in [2.75, 3.05) is 43.4 Å². The van der Waals surface area contributed by atoms with E-state index in [4.69, 9.17) is 5.73 Å². The highest BCUT2D eigenvalue weighted by atomic mass is 35.5. The molecule has 0 aromatic carbocycles. The lowest BCUT2D eigenvalue weighted by Crippen LogP contribution is -2.48. The van der Waals surface area contributed by atoms with Crippen LogP contribution in [-0.4, -0.2) is 54.6 Å². The molecular formula is C16H28ClN5O. The maximum absolute atomic E-state index is 12.2. The number of rotatable bonds is 5. The highest BCUT2D eigenvalue weighted by molar-refractivity contribution is 5.97. The number of carbonyl (C=O) groups excluding carboxylic acids is 1. The lowest BCUT2D eigenvalue weighted by Gasteiger charge is -2.33. The minimum atomic E-state index is -0.842. The van der Waals surface area contributed by atoms with Gasteiger partial charge in [0.1, 0.15) is 5.82 Å². The van der Waals surface area contributed by atoms with Gasteiger partial charge in [-0.25, -0.2) is 4.98 Å². The molecule has 7 heteroatoms. The van der Waals surface area contributed by atoms with E-state index in [9.17, 15) is 4.79 Å². The number of pyridine rings is 1. The Balaban J connectivity index is 0.00000264. The number of nitrogens with two attached hydrogens (primary N) is 1. The second kappa shape index (κ2) is 8.47. The predicted molar refractivity (Wildman–Crippen MR) is 97.3 cm³/mol. The minimum absolute atomic E-state index is 0. The van der Waals surface area contributed by atoms with Gasteiger partial charge in [0.2, 0.25) is 5.91 Å². The fourth-order valence-corrected chi connectivity index (χ4v) is 2.59. The largest absolute Gasteiger partial charge is 0.354 e. The maximum Gasteiger partial charge on any atom is 0.244 e. The Morgan fingerprint density at radius 3 is 2.52 bits per heavy atom. The van der Waals surface area contributed by atoms with Crippen molar-refractivity contribution in [3.8, 4) is 0 Å². The molecule has 23 heavy (non-hydrogen) atoms. The predicted octanol–water partition coefficient (Wildman–Crippen LogP) is 1.71. The van der Waals surface area contributed by atoms with E-state index in [-0.39, 0.29) is 18.3 Å². The number of aromatic nitrogens is 1. The van der Waals surface area contributed by atoms with Crippen molar-refractivity contribution in [1.29, 1.82) is 0 Å². The lowest BCUT2D eigenvalue weighted by atomic mass is 9.96. The van der Waals surface area contributed by atoms with Crippen molar-refractivity contribution < 1.29 is 4.79 Å². The van der Waals surface area contributed by atoms with Gasteiger partial charge in [0.25, 0.3) is 0 Å². The Morgan fingerprint density at radius 1 is 1.35 bits per heavy atom. The molecule has 0 saturated carbocycles. The molecule has 1 aromatic heterocycles. The van der Waals surface area contributed by atoms with Gasteiger partial charge >= 0.3 is 0 Å². The summed E-state index contributed by atoms with van der Waals surface area (Å²) in [5.41, 5.74) is 5.88. The van der Waals surface area contributed by atoms with Crippen molar-refractivity contribution in [1.82, 2.24) is 9.88 Å². The summed E-state index contributed by atoms with van der Waals surface area (Å²) >= 11 is 0. The number of halogens is 1. The van der Waals surface area contributed by atoms with E-state index >= 15 is 0 Å². The monoisotopic (exact) mass is 341 g/mol. The van der Waals surface area contributed by atoms with Crippen LogP contribution in [0.15, 0.2) is 18.3 Å². The van der Waals surface area contributed by atoms with Gasteiger partial charge < -0.3 is 20.9 Å². The smallest absolute Gasteiger partial charge is 0.244 e. The number of nitrogens with zero attached hydrogens (tertiary/aromatic N) is 3. The van der Waals surface area contributed by atoms with Crippen molar-refractivity contribution >= 4 is 29.8 Å². The van der Waals surface area contributed by atoms with E-state index in [1.54, 1.807) is 13.1 Å². The zero-order valence-corrected chi connectivity index (χ0v) is 15.0. The Hall–Kier alpha value is -1.37. The van der Waals surface area contributed by atoms with E-state index in [1.807, 2.05) is 19.1 Å². The van der Waals surface area contributed by atoms with Crippen molar-refractivity contribution in [2.45, 2.75) is 32.2 Å². The Labute approximate surface area is 144 Å². The first-order valence-corrected chi connectivity index (χ1v) is 7.92. The van der Waals surface area contributed by atoms with Gasteiger partial charge in [-0.05, 0) is 32.5 Å². The molecule has 1 aliphatic rings. The Bertz CT molecular complexity index is 498. The first kappa shape index (κ1) is 19.7. The highest BCUT2D eigenvalue weighted by Gasteiger charge is 2.27. The number of likely N-dealkylation sites (N-methyl/N-ethyl adjacent to an activating group) is 1. The van der Waals surface area contributed by atoms with Gasteiger partial charge in [-0.15, -0.1) is 12.4 Å². The number of anilines is 2. The minimum Gasteiger partial charge on any atom is -0.354 e. The molecule has 130 valence electrons. The van der Waals surface area contributed by atoms with Crippen LogP contribution in [0.3, 0.4) is 0 Å². The first-order chi connectivity index (χ1) is 10.4. The second-order valence-corrected chi connectivity index (χ2v) is 6.32. The molecule has 1 fully saturated rings. The molecule has 1 aromatic rings. The fraction of sp³-hybridized carbons (Fsp3) is 0.625. The summed E-state index contributed by atoms with van der Waals surface area (Å²) in [5, 5.41) is 2.85. The summed E-state index contributed by atoms with van der Waals surface area (Å²) < 4.78 is 0. The Kier molecular flexibility index (Phi) is 7.25. The Morgan fingerprint density at radius 2 is 2.00 bits per heavy atom. The van der Waals surface area contributed by atoms with Gasteiger partial charge in [0, 0.05) is 26.2 Å². The van der Waals surface area contributed by atoms with Gasteiger partial charge in [0.15, 0.2) is 0 Å². The van der Waals surface area contributed by atoms with Crippen LogP contribution in [0.1, 0.15) is 26.7 Å². The molecule has 3 N–H and O–H groups in total. The number of piperazine rings is 1. The molecule has 1 unspecified atom stereocenters. The van der Waals surface area contributed by atoms with E-state index in [0.717, 1.165) is 38.4 Å². The summed E-state index contributed by atoms with van der Waals surface area (Å²) in [5.74, 6) is 0.790. The summed E-state index contributed by atoms with van der Waals surface area (Å²) in [6, 6.07) is 3.84. The number of amides is 1. The number of hydrogen-bond donors (Lipinski definition) is 2. The average Bonchev–Trinajstić information content (AvgIpc) is 2.49. The molecule has 0 radical (unpaired) electrons. The summed E-state index contributed by atoms with van der Waals surface area (Å²) in [6.45, 7) is 7.83. The summed E-state index contributed by atoms with van der Waals surface area (Å²) in [6.07, 6.45) is 3.24. The zero-order chi connectivity index (χ0) is 16.2. The van der Waals surface area contributed by atoms with Crippen LogP contribution in [0.4, 0.5) is 11.5 Å². The van der Waals surface area contributed by atoms with E-state index in [1.165, 1.54) is 0 Å². The van der Waals surface area contributed by atoms with E-state index in [0.29, 0.717) is 12.1 Å². The van der Waals surface area contributed by atoms with Gasteiger partial charge in [-0.2, -0.15) is 0 Å². The second-order valence-electron chi connectivity index (χ2n) is 6.32. The SMILES string of the molecule is CCCC(C)(N)C(=O)Nc1ccc(N2CCN(C)CC2)nc1.Cl. The van der Waals surface area contributed by atoms with Crippen LogP contribution in [0.5, 0.6) is 0 Å². The van der Waals surface area contributed by atoms with Gasteiger partial charge in [0.05, 0.1) is 17.4 Å². The third kappa shape index (κ3) is 5.34. The third-order valence-electron chi connectivity index (χ3n) is 4.12. The highest BCUT2D eigenvalue weighted by Crippen LogP contribution is 2.17. The lowest BCUT2D eigenvalue weighted by molar-refractivity contribution is -0.120. The van der Waals surface area contributed by atoms with Crippen LogP contribution < -0.4 is 16.0 Å². The fourth-order valence-electron chi connectivity index (χ4n) is 2.59. The van der Waals surface area contributed by atoms with Crippen molar-refractivity contribution in [3.05, 3.63) is 18.3 Å². The number of nitrogens with one attached hydrogen (secondary N) is 1. The quantitative estimate of drug-likeness (QED) is 0.852. The standard InChI is InChI=1S/C16H27N5O.ClH/c1-4-7-16(2,17)15(22)19-13-5-6-14(18-12-13)21-10-8-20(3)9-11-21;/h5-6,12H,4,7-11,17H2,1-3H3,(H,19,22);1H. The molecular weight excluding hydrogens is 314 g/mol. The average molecular weight is 342 g/mol. The third-order valence-corrected chi connectivity index (χ3v) is 4.12. The molecule has 2 rings (SSSR count). The molecule has 1 atom stereocenters. The normalized spacial score (nSPS) is 18.0. The molecule has 1 saturated heterocycles. The number of carbonyl (C=O) groups is 1. The van der Waals surface area contributed by atoms with Crippen molar-refractivity contribution in [2.24, 2.45) is 5.73 Å². The molecule has 1 amide bonds. The van der Waals surface area contributed by atoms with E-state index < -0.39 is 5.54 Å². The summed E-state index contributed by atoms with van der Waals surface area (Å²) in [4.78, 5) is 21.2. The molecule has 0 spiro atoms. The topological polar surface area (TPSA) is 74.5 Å². The molecule has 0 bridgehead atoms. The van der Waals surface area contributed by atoms with Gasteiger partial charge in [-0.3, -0.25) is 4.79 Å². The molecule has 6 nitrogen and oxygen atoms in total. The van der Waals surface area contributed by atoms with Gasteiger partial charge in [-0.1, -0.05) is 13.3 Å².